The molecular formula is C10H9FN4O2. The number of hydrogen-bond acceptors (Lipinski definition) is 5. The van der Waals surface area contributed by atoms with Crippen molar-refractivity contribution in [1.82, 2.24) is 15.6 Å². The fraction of sp³-hybridized carbons (Fsp3) is 0.100. The molecule has 0 bridgehead atoms. The predicted molar refractivity (Wildman–Crippen MR) is 56.3 cm³/mol. The van der Waals surface area contributed by atoms with E-state index in [1.807, 2.05) is 0 Å². The van der Waals surface area contributed by atoms with Gasteiger partial charge in [0.05, 0.1) is 0 Å². The number of nitrogens with one attached hydrogen (secondary N) is 1. The number of rotatable bonds is 3. The van der Waals surface area contributed by atoms with Crippen LogP contribution in [0.15, 0.2) is 28.9 Å². The number of carbonyl (C=O) groups is 1. The minimum Gasteiger partial charge on any atom is -0.379 e. The fourth-order valence-corrected chi connectivity index (χ4v) is 1.27. The van der Waals surface area contributed by atoms with Gasteiger partial charge in [-0.3, -0.25) is 4.79 Å². The van der Waals surface area contributed by atoms with E-state index in [4.69, 9.17) is 5.73 Å². The van der Waals surface area contributed by atoms with Gasteiger partial charge in [-0.2, -0.15) is 0 Å². The predicted octanol–water partition coefficient (Wildman–Crippen LogP) is 0.721. The molecule has 6 nitrogen and oxygen atoms in total. The van der Waals surface area contributed by atoms with E-state index in [0.717, 1.165) is 0 Å². The Labute approximate surface area is 95.6 Å². The van der Waals surface area contributed by atoms with E-state index >= 15 is 0 Å². The first-order valence-electron chi connectivity index (χ1n) is 4.77. The van der Waals surface area contributed by atoms with Gasteiger partial charge in [-0.25, -0.2) is 9.02 Å². The molecule has 1 aromatic carbocycles. The van der Waals surface area contributed by atoms with Crippen molar-refractivity contribution in [2.24, 2.45) is 0 Å². The molecule has 2 aromatic rings. The second kappa shape index (κ2) is 4.60. The van der Waals surface area contributed by atoms with Gasteiger partial charge in [-0.1, -0.05) is 12.1 Å². The van der Waals surface area contributed by atoms with Gasteiger partial charge in [0.2, 0.25) is 11.5 Å². The van der Waals surface area contributed by atoms with Crippen molar-refractivity contribution in [2.45, 2.75) is 6.54 Å². The van der Waals surface area contributed by atoms with E-state index in [0.29, 0.717) is 5.56 Å². The summed E-state index contributed by atoms with van der Waals surface area (Å²) in [5.41, 5.74) is 5.90. The van der Waals surface area contributed by atoms with Crippen LogP contribution in [-0.4, -0.2) is 16.2 Å². The Bertz CT molecular complexity index is 541. The number of nitrogens with zero attached hydrogens (tertiary/aromatic N) is 2. The molecule has 0 unspecified atom stereocenters. The lowest BCUT2D eigenvalue weighted by Gasteiger charge is -2.03. The number of aromatic nitrogens is 2. The van der Waals surface area contributed by atoms with Crippen molar-refractivity contribution in [3.63, 3.8) is 0 Å². The third-order valence-electron chi connectivity index (χ3n) is 2.07. The zero-order valence-electron chi connectivity index (χ0n) is 8.68. The maximum absolute atomic E-state index is 12.9. The Kier molecular flexibility index (Phi) is 2.99. The average molecular weight is 236 g/mol. The summed E-state index contributed by atoms with van der Waals surface area (Å²) in [7, 11) is 0. The van der Waals surface area contributed by atoms with Crippen LogP contribution in [0.4, 0.5) is 10.2 Å². The lowest BCUT2D eigenvalue weighted by atomic mass is 10.2. The standard InChI is InChI=1S/C10H9FN4O2/c11-7-3-1-2-6(4-7)5-13-10(16)8-9(12)15-17-14-8/h1-4H,5H2,(H2,12,15)(H,13,16). The molecular weight excluding hydrogens is 227 g/mol. The third-order valence-corrected chi connectivity index (χ3v) is 2.07. The van der Waals surface area contributed by atoms with Crippen molar-refractivity contribution >= 4 is 11.7 Å². The molecule has 0 fully saturated rings. The van der Waals surface area contributed by atoms with Crippen LogP contribution >= 0.6 is 0 Å². The van der Waals surface area contributed by atoms with E-state index in [9.17, 15) is 9.18 Å². The Morgan fingerprint density at radius 1 is 1.47 bits per heavy atom. The Morgan fingerprint density at radius 2 is 2.29 bits per heavy atom. The van der Waals surface area contributed by atoms with Crippen molar-refractivity contribution < 1.29 is 13.8 Å². The second-order valence-electron chi connectivity index (χ2n) is 3.31. The first-order valence-corrected chi connectivity index (χ1v) is 4.77. The summed E-state index contributed by atoms with van der Waals surface area (Å²) < 4.78 is 17.2. The minimum absolute atomic E-state index is 0.0817. The van der Waals surface area contributed by atoms with Crippen LogP contribution in [0, 0.1) is 5.82 Å². The van der Waals surface area contributed by atoms with Crippen LogP contribution in [0.3, 0.4) is 0 Å². The van der Waals surface area contributed by atoms with Gasteiger partial charge in [0.15, 0.2) is 0 Å². The van der Waals surface area contributed by atoms with E-state index in [-0.39, 0.29) is 23.9 Å². The molecule has 1 amide bonds. The SMILES string of the molecule is Nc1nonc1C(=O)NCc1cccc(F)c1. The maximum Gasteiger partial charge on any atom is 0.277 e. The molecule has 2 rings (SSSR count). The fourth-order valence-electron chi connectivity index (χ4n) is 1.27. The number of carbonyl (C=O) groups excluding carboxylic acids is 1. The molecule has 1 aromatic heterocycles. The zero-order chi connectivity index (χ0) is 12.3. The monoisotopic (exact) mass is 236 g/mol. The van der Waals surface area contributed by atoms with Crippen LogP contribution in [0.5, 0.6) is 0 Å². The topological polar surface area (TPSA) is 94.0 Å². The molecule has 88 valence electrons. The van der Waals surface area contributed by atoms with Crippen LogP contribution < -0.4 is 11.1 Å². The lowest BCUT2D eigenvalue weighted by molar-refractivity contribution is 0.0941. The lowest BCUT2D eigenvalue weighted by Crippen LogP contribution is -2.24. The summed E-state index contributed by atoms with van der Waals surface area (Å²) in [6.45, 7) is 0.170. The normalized spacial score (nSPS) is 10.2. The molecule has 0 aliphatic rings. The Hall–Kier alpha value is -2.44. The van der Waals surface area contributed by atoms with Crippen LogP contribution in [0.25, 0.3) is 0 Å². The summed E-state index contributed by atoms with van der Waals surface area (Å²) in [4.78, 5) is 11.5. The van der Waals surface area contributed by atoms with Gasteiger partial charge in [-0.15, -0.1) is 0 Å². The number of hydrogen-bond donors (Lipinski definition) is 2. The molecule has 3 N–H and O–H groups in total. The quantitative estimate of drug-likeness (QED) is 0.818. The summed E-state index contributed by atoms with van der Waals surface area (Å²) in [6, 6.07) is 5.89. The van der Waals surface area contributed by atoms with Gasteiger partial charge < -0.3 is 11.1 Å². The van der Waals surface area contributed by atoms with Crippen molar-refractivity contribution in [3.8, 4) is 0 Å². The minimum atomic E-state index is -0.520. The largest absolute Gasteiger partial charge is 0.379 e. The molecule has 17 heavy (non-hydrogen) atoms. The van der Waals surface area contributed by atoms with E-state index in [1.165, 1.54) is 12.1 Å². The van der Waals surface area contributed by atoms with E-state index in [2.05, 4.69) is 20.3 Å². The van der Waals surface area contributed by atoms with Crippen molar-refractivity contribution in [2.75, 3.05) is 5.73 Å². The molecule has 0 aliphatic carbocycles. The van der Waals surface area contributed by atoms with Gasteiger partial charge in [0.25, 0.3) is 5.91 Å². The molecule has 0 atom stereocenters. The molecule has 0 spiro atoms. The summed E-state index contributed by atoms with van der Waals surface area (Å²) >= 11 is 0. The van der Waals surface area contributed by atoms with Crippen LogP contribution in [0.2, 0.25) is 0 Å². The van der Waals surface area contributed by atoms with E-state index in [1.54, 1.807) is 12.1 Å². The molecule has 0 saturated carbocycles. The molecule has 0 aliphatic heterocycles. The number of benzene rings is 1. The van der Waals surface area contributed by atoms with Gasteiger partial charge in [0, 0.05) is 6.54 Å². The molecule has 0 saturated heterocycles. The van der Waals surface area contributed by atoms with Crippen molar-refractivity contribution in [1.29, 1.82) is 0 Å². The molecule has 1 heterocycles. The number of halogens is 1. The van der Waals surface area contributed by atoms with Crippen molar-refractivity contribution in [3.05, 3.63) is 41.3 Å². The number of nitrogens with two attached hydrogens (primary N) is 1. The van der Waals surface area contributed by atoms with Crippen LogP contribution in [-0.2, 0) is 6.54 Å². The second-order valence-corrected chi connectivity index (χ2v) is 3.31. The summed E-state index contributed by atoms with van der Waals surface area (Å²) in [5, 5.41) is 9.15. The highest BCUT2D eigenvalue weighted by Gasteiger charge is 2.15. The number of amides is 1. The first-order chi connectivity index (χ1) is 8.16. The highest BCUT2D eigenvalue weighted by molar-refractivity contribution is 5.95. The van der Waals surface area contributed by atoms with Crippen LogP contribution in [0.1, 0.15) is 16.1 Å². The van der Waals surface area contributed by atoms with Gasteiger partial charge in [0.1, 0.15) is 5.82 Å². The summed E-state index contributed by atoms with van der Waals surface area (Å²) in [5.74, 6) is -0.964. The number of nitrogen functional groups attached to an aromatic ring is 1. The molecule has 7 heteroatoms. The smallest absolute Gasteiger partial charge is 0.277 e. The third kappa shape index (κ3) is 2.57. The average Bonchev–Trinajstić information content (AvgIpc) is 2.72. The van der Waals surface area contributed by atoms with E-state index < -0.39 is 5.91 Å². The number of anilines is 1. The Morgan fingerprint density at radius 3 is 2.94 bits per heavy atom. The molecule has 0 radical (unpaired) electrons. The highest BCUT2D eigenvalue weighted by atomic mass is 19.1. The van der Waals surface area contributed by atoms with Gasteiger partial charge >= 0.3 is 0 Å². The zero-order valence-corrected chi connectivity index (χ0v) is 8.68. The Balaban J connectivity index is 1.99. The maximum atomic E-state index is 12.9. The first kappa shape index (κ1) is 11.1. The highest BCUT2D eigenvalue weighted by Crippen LogP contribution is 2.06. The summed E-state index contributed by atoms with van der Waals surface area (Å²) in [6.07, 6.45) is 0. The van der Waals surface area contributed by atoms with Gasteiger partial charge in [-0.05, 0) is 28.0 Å².